The van der Waals surface area contributed by atoms with Gasteiger partial charge in [-0.3, -0.25) is 4.57 Å². The summed E-state index contributed by atoms with van der Waals surface area (Å²) in [7, 11) is 0. The third-order valence-electron chi connectivity index (χ3n) is 4.41. The van der Waals surface area contributed by atoms with Gasteiger partial charge in [0.15, 0.2) is 16.8 Å². The summed E-state index contributed by atoms with van der Waals surface area (Å²) in [6.07, 6.45) is 3.82. The summed E-state index contributed by atoms with van der Waals surface area (Å²) in [5, 5.41) is 21.7. The van der Waals surface area contributed by atoms with Crippen molar-refractivity contribution in [2.24, 2.45) is 0 Å². The first-order valence-corrected chi connectivity index (χ1v) is 10.2. The Balaban J connectivity index is 1.66. The number of hydrogen-bond acceptors (Lipinski definition) is 7. The molecule has 0 radical (unpaired) electrons. The van der Waals surface area contributed by atoms with E-state index in [-0.39, 0.29) is 0 Å². The molecule has 0 aliphatic rings. The fourth-order valence-electron chi connectivity index (χ4n) is 2.90. The van der Waals surface area contributed by atoms with E-state index in [1.54, 1.807) is 18.0 Å². The normalized spacial score (nSPS) is 11.2. The van der Waals surface area contributed by atoms with Gasteiger partial charge in [0.05, 0.1) is 17.6 Å². The molecule has 0 saturated carbocycles. The number of thioether (sulfide) groups is 1. The minimum absolute atomic E-state index is 0.617. The van der Waals surface area contributed by atoms with Crippen molar-refractivity contribution in [2.45, 2.75) is 44.1 Å². The van der Waals surface area contributed by atoms with Gasteiger partial charge in [-0.1, -0.05) is 43.3 Å². The average Bonchev–Trinajstić information content (AvgIpc) is 3.44. The summed E-state index contributed by atoms with van der Waals surface area (Å²) in [5.74, 6) is 3.02. The largest absolute Gasteiger partial charge is 0.469 e. The van der Waals surface area contributed by atoms with Crippen molar-refractivity contribution >= 4 is 11.8 Å². The minimum atomic E-state index is 0.617. The van der Waals surface area contributed by atoms with E-state index in [0.717, 1.165) is 53.2 Å². The molecule has 4 aromatic rings. The Morgan fingerprint density at radius 1 is 1.07 bits per heavy atom. The molecule has 0 amide bonds. The summed E-state index contributed by atoms with van der Waals surface area (Å²) in [5.41, 5.74) is 1.92. The number of aryl methyl sites for hydroxylation is 2. The molecule has 9 heteroatoms. The SMILES string of the molecule is CCCCn1nnnc1CSc1nnc(-c2ccoc2C)n1-c1ccccc1. The Morgan fingerprint density at radius 2 is 1.93 bits per heavy atom. The Bertz CT molecular complexity index is 1040. The Labute approximate surface area is 167 Å². The third-order valence-corrected chi connectivity index (χ3v) is 5.33. The number of hydrogen-bond donors (Lipinski definition) is 0. The lowest BCUT2D eigenvalue weighted by Crippen LogP contribution is -2.05. The van der Waals surface area contributed by atoms with Crippen molar-refractivity contribution in [3.63, 3.8) is 0 Å². The Hall–Kier alpha value is -2.94. The van der Waals surface area contributed by atoms with Crippen molar-refractivity contribution in [1.29, 1.82) is 0 Å². The van der Waals surface area contributed by atoms with Gasteiger partial charge in [0.2, 0.25) is 0 Å². The van der Waals surface area contributed by atoms with Crippen LogP contribution >= 0.6 is 11.8 Å². The van der Waals surface area contributed by atoms with E-state index < -0.39 is 0 Å². The lowest BCUT2D eigenvalue weighted by atomic mass is 10.2. The van der Waals surface area contributed by atoms with Crippen LogP contribution in [0, 0.1) is 6.92 Å². The number of unbranched alkanes of at least 4 members (excludes halogenated alkanes) is 1. The summed E-state index contributed by atoms with van der Waals surface area (Å²) in [4.78, 5) is 0. The van der Waals surface area contributed by atoms with Gasteiger partial charge in [-0.2, -0.15) is 0 Å². The zero-order chi connectivity index (χ0) is 19.3. The van der Waals surface area contributed by atoms with Crippen molar-refractivity contribution in [3.05, 3.63) is 54.2 Å². The molecule has 0 N–H and O–H groups in total. The van der Waals surface area contributed by atoms with Crippen LogP contribution in [0.1, 0.15) is 31.4 Å². The first kappa shape index (κ1) is 18.4. The first-order valence-electron chi connectivity index (χ1n) is 9.21. The van der Waals surface area contributed by atoms with Gasteiger partial charge in [0, 0.05) is 12.2 Å². The van der Waals surface area contributed by atoms with Crippen LogP contribution in [0.2, 0.25) is 0 Å². The highest BCUT2D eigenvalue weighted by atomic mass is 32.2. The van der Waals surface area contributed by atoms with Gasteiger partial charge in [-0.15, -0.1) is 15.3 Å². The van der Waals surface area contributed by atoms with E-state index in [9.17, 15) is 0 Å². The maximum atomic E-state index is 5.47. The molecule has 3 aromatic heterocycles. The van der Waals surface area contributed by atoms with E-state index >= 15 is 0 Å². The van der Waals surface area contributed by atoms with Gasteiger partial charge >= 0.3 is 0 Å². The van der Waals surface area contributed by atoms with Crippen LogP contribution in [0.5, 0.6) is 0 Å². The number of nitrogens with zero attached hydrogens (tertiary/aromatic N) is 7. The fourth-order valence-corrected chi connectivity index (χ4v) is 3.79. The van der Waals surface area contributed by atoms with E-state index in [2.05, 4.69) is 32.6 Å². The fraction of sp³-hybridized carbons (Fsp3) is 0.316. The summed E-state index contributed by atoms with van der Waals surface area (Å²) in [6.45, 7) is 4.90. The van der Waals surface area contributed by atoms with Crippen LogP contribution in [0.3, 0.4) is 0 Å². The molecule has 3 heterocycles. The molecule has 0 atom stereocenters. The molecule has 0 unspecified atom stereocenters. The smallest absolute Gasteiger partial charge is 0.196 e. The zero-order valence-electron chi connectivity index (χ0n) is 15.8. The Morgan fingerprint density at radius 3 is 2.68 bits per heavy atom. The number of aromatic nitrogens is 7. The van der Waals surface area contributed by atoms with Gasteiger partial charge < -0.3 is 4.42 Å². The predicted octanol–water partition coefficient (Wildman–Crippen LogP) is 3.91. The molecule has 8 nitrogen and oxygen atoms in total. The Kier molecular flexibility index (Phi) is 5.52. The van der Waals surface area contributed by atoms with Crippen molar-refractivity contribution in [1.82, 2.24) is 35.0 Å². The third kappa shape index (κ3) is 3.70. The summed E-state index contributed by atoms with van der Waals surface area (Å²) >= 11 is 1.57. The maximum absolute atomic E-state index is 5.47. The summed E-state index contributed by atoms with van der Waals surface area (Å²) in [6, 6.07) is 12.0. The summed E-state index contributed by atoms with van der Waals surface area (Å²) < 4.78 is 9.38. The van der Waals surface area contributed by atoms with E-state index in [0.29, 0.717) is 5.75 Å². The quantitative estimate of drug-likeness (QED) is 0.418. The zero-order valence-corrected chi connectivity index (χ0v) is 16.6. The van der Waals surface area contributed by atoms with E-state index in [1.807, 2.05) is 52.6 Å². The molecule has 0 fully saturated rings. The molecular weight excluding hydrogens is 374 g/mol. The van der Waals surface area contributed by atoms with Crippen LogP contribution in [-0.2, 0) is 12.3 Å². The minimum Gasteiger partial charge on any atom is -0.469 e. The average molecular weight is 395 g/mol. The van der Waals surface area contributed by atoms with Crippen LogP contribution in [-0.4, -0.2) is 35.0 Å². The monoisotopic (exact) mass is 395 g/mol. The van der Waals surface area contributed by atoms with Crippen molar-refractivity contribution in [2.75, 3.05) is 0 Å². The second-order valence-electron chi connectivity index (χ2n) is 6.33. The van der Waals surface area contributed by atoms with E-state index in [1.165, 1.54) is 0 Å². The number of tetrazole rings is 1. The van der Waals surface area contributed by atoms with Gasteiger partial charge in [0.25, 0.3) is 0 Å². The molecule has 0 bridgehead atoms. The second-order valence-corrected chi connectivity index (χ2v) is 7.27. The highest BCUT2D eigenvalue weighted by Crippen LogP contribution is 2.31. The molecule has 4 rings (SSSR count). The van der Waals surface area contributed by atoms with Gasteiger partial charge in [0.1, 0.15) is 5.76 Å². The molecule has 28 heavy (non-hydrogen) atoms. The van der Waals surface area contributed by atoms with Gasteiger partial charge in [-0.05, 0) is 42.0 Å². The highest BCUT2D eigenvalue weighted by Gasteiger charge is 2.19. The molecule has 0 saturated heterocycles. The molecular formula is C19H21N7OS. The maximum Gasteiger partial charge on any atom is 0.196 e. The van der Waals surface area contributed by atoms with E-state index in [4.69, 9.17) is 4.42 Å². The standard InChI is InChI=1S/C19H21N7OS/c1-3-4-11-25-17(20-23-24-25)13-28-19-22-21-18(16-10-12-27-14(16)2)26(19)15-8-6-5-7-9-15/h5-10,12H,3-4,11,13H2,1-2H3. The number of para-hydroxylation sites is 1. The highest BCUT2D eigenvalue weighted by molar-refractivity contribution is 7.98. The van der Waals surface area contributed by atoms with Crippen LogP contribution in [0.25, 0.3) is 17.1 Å². The molecule has 1 aromatic carbocycles. The second kappa shape index (κ2) is 8.39. The predicted molar refractivity (Wildman–Crippen MR) is 106 cm³/mol. The van der Waals surface area contributed by atoms with Crippen LogP contribution in [0.15, 0.2) is 52.2 Å². The van der Waals surface area contributed by atoms with Crippen molar-refractivity contribution < 1.29 is 4.42 Å². The molecule has 0 aliphatic heterocycles. The topological polar surface area (TPSA) is 87.4 Å². The van der Waals surface area contributed by atoms with Crippen LogP contribution < -0.4 is 0 Å². The number of furan rings is 1. The molecule has 0 aliphatic carbocycles. The lowest BCUT2D eigenvalue weighted by molar-refractivity contribution is 0.535. The van der Waals surface area contributed by atoms with Crippen LogP contribution in [0.4, 0.5) is 0 Å². The lowest BCUT2D eigenvalue weighted by Gasteiger charge is -2.10. The number of rotatable bonds is 8. The van der Waals surface area contributed by atoms with Gasteiger partial charge in [-0.25, -0.2) is 4.68 Å². The molecule has 144 valence electrons. The first-order chi connectivity index (χ1) is 13.8. The number of benzene rings is 1. The molecule has 0 spiro atoms. The van der Waals surface area contributed by atoms with Crippen molar-refractivity contribution in [3.8, 4) is 17.1 Å².